The van der Waals surface area contributed by atoms with Crippen LogP contribution in [0.3, 0.4) is 0 Å². The maximum atomic E-state index is 10.3. The molecule has 0 bridgehead atoms. The molecular weight excluding hydrogens is 447 g/mol. The van der Waals surface area contributed by atoms with Crippen molar-refractivity contribution in [3.8, 4) is 39.7 Å². The van der Waals surface area contributed by atoms with Crippen LogP contribution in [0.4, 0.5) is 0 Å². The SMILES string of the molecule is Oc1ccc(Br)cc1-c1nc(-c2ccccc2)c(-c2cccc(Cl)c2Cl)[nH]1. The molecule has 0 spiro atoms. The van der Waals surface area contributed by atoms with Gasteiger partial charge in [0, 0.05) is 15.6 Å². The number of imidazole rings is 1. The van der Waals surface area contributed by atoms with Crippen LogP contribution in [0.5, 0.6) is 5.75 Å². The van der Waals surface area contributed by atoms with E-state index in [-0.39, 0.29) is 5.75 Å². The van der Waals surface area contributed by atoms with Gasteiger partial charge in [0.05, 0.1) is 27.0 Å². The van der Waals surface area contributed by atoms with Crippen LogP contribution in [0.25, 0.3) is 33.9 Å². The average molecular weight is 460 g/mol. The van der Waals surface area contributed by atoms with Gasteiger partial charge in [-0.25, -0.2) is 4.98 Å². The van der Waals surface area contributed by atoms with Crippen molar-refractivity contribution >= 4 is 39.1 Å². The molecule has 0 unspecified atom stereocenters. The molecular formula is C21H13BrCl2N2O. The molecule has 0 aliphatic heterocycles. The third kappa shape index (κ3) is 3.48. The first kappa shape index (κ1) is 18.1. The highest BCUT2D eigenvalue weighted by Gasteiger charge is 2.19. The number of H-pyrrole nitrogens is 1. The Hall–Kier alpha value is -2.27. The zero-order chi connectivity index (χ0) is 19.0. The summed E-state index contributed by atoms with van der Waals surface area (Å²) in [5.74, 6) is 0.675. The van der Waals surface area contributed by atoms with Crippen LogP contribution >= 0.6 is 39.1 Å². The molecule has 4 rings (SSSR count). The van der Waals surface area contributed by atoms with Crippen LogP contribution in [-0.2, 0) is 0 Å². The molecule has 0 saturated heterocycles. The summed E-state index contributed by atoms with van der Waals surface area (Å²) >= 11 is 16.1. The van der Waals surface area contributed by atoms with Gasteiger partial charge in [0.15, 0.2) is 0 Å². The molecule has 27 heavy (non-hydrogen) atoms. The van der Waals surface area contributed by atoms with Gasteiger partial charge >= 0.3 is 0 Å². The number of halogens is 3. The third-order valence-electron chi connectivity index (χ3n) is 4.19. The molecule has 0 amide bonds. The molecule has 3 nitrogen and oxygen atoms in total. The predicted molar refractivity (Wildman–Crippen MR) is 114 cm³/mol. The number of aromatic nitrogens is 2. The van der Waals surface area contributed by atoms with E-state index in [0.29, 0.717) is 21.4 Å². The number of rotatable bonds is 3. The highest BCUT2D eigenvalue weighted by molar-refractivity contribution is 9.10. The number of phenolic OH excluding ortho intramolecular Hbond substituents is 1. The molecule has 0 atom stereocenters. The molecule has 6 heteroatoms. The molecule has 0 fully saturated rings. The molecule has 3 aromatic carbocycles. The first-order chi connectivity index (χ1) is 13.0. The van der Waals surface area contributed by atoms with Crippen molar-refractivity contribution in [1.82, 2.24) is 9.97 Å². The van der Waals surface area contributed by atoms with Crippen molar-refractivity contribution in [2.45, 2.75) is 0 Å². The Labute approximate surface area is 174 Å². The lowest BCUT2D eigenvalue weighted by molar-refractivity contribution is 0.477. The van der Waals surface area contributed by atoms with Gasteiger partial charge in [-0.3, -0.25) is 0 Å². The normalized spacial score (nSPS) is 10.9. The monoisotopic (exact) mass is 458 g/mol. The summed E-state index contributed by atoms with van der Waals surface area (Å²) in [5.41, 5.74) is 3.74. The van der Waals surface area contributed by atoms with Crippen LogP contribution in [0.2, 0.25) is 10.0 Å². The number of nitrogens with zero attached hydrogens (tertiary/aromatic N) is 1. The second-order valence-electron chi connectivity index (χ2n) is 5.94. The van der Waals surface area contributed by atoms with Crippen LogP contribution < -0.4 is 0 Å². The van der Waals surface area contributed by atoms with Crippen molar-refractivity contribution in [1.29, 1.82) is 0 Å². The topological polar surface area (TPSA) is 48.9 Å². The number of nitrogens with one attached hydrogen (secondary N) is 1. The quantitative estimate of drug-likeness (QED) is 0.340. The molecule has 0 radical (unpaired) electrons. The van der Waals surface area contributed by atoms with Crippen molar-refractivity contribution in [3.63, 3.8) is 0 Å². The molecule has 2 N–H and O–H groups in total. The van der Waals surface area contributed by atoms with E-state index >= 15 is 0 Å². The van der Waals surface area contributed by atoms with Crippen LogP contribution in [0.1, 0.15) is 0 Å². The lowest BCUT2D eigenvalue weighted by Crippen LogP contribution is -1.85. The van der Waals surface area contributed by atoms with Gasteiger partial charge in [0.2, 0.25) is 0 Å². The van der Waals surface area contributed by atoms with Crippen LogP contribution in [0, 0.1) is 0 Å². The molecule has 0 aliphatic rings. The Morgan fingerprint density at radius 2 is 1.67 bits per heavy atom. The van der Waals surface area contributed by atoms with Gasteiger partial charge in [0.1, 0.15) is 11.6 Å². The van der Waals surface area contributed by atoms with Gasteiger partial charge < -0.3 is 10.1 Å². The number of hydrogen-bond donors (Lipinski definition) is 2. The zero-order valence-electron chi connectivity index (χ0n) is 13.9. The number of aromatic amines is 1. The Kier molecular flexibility index (Phi) is 4.96. The fourth-order valence-electron chi connectivity index (χ4n) is 2.90. The van der Waals surface area contributed by atoms with E-state index in [2.05, 4.69) is 20.9 Å². The fourth-order valence-corrected chi connectivity index (χ4v) is 3.65. The van der Waals surface area contributed by atoms with Gasteiger partial charge in [0.25, 0.3) is 0 Å². The Morgan fingerprint density at radius 3 is 2.44 bits per heavy atom. The lowest BCUT2D eigenvalue weighted by atomic mass is 10.1. The second kappa shape index (κ2) is 7.39. The van der Waals surface area contributed by atoms with Gasteiger partial charge in [-0.05, 0) is 24.3 Å². The standard InChI is InChI=1S/C21H13BrCl2N2O/c22-13-9-10-17(27)15(11-13)21-25-19(12-5-2-1-3-6-12)20(26-21)14-7-4-8-16(23)18(14)24/h1-11,27H,(H,25,26). The zero-order valence-corrected chi connectivity index (χ0v) is 17.0. The van der Waals surface area contributed by atoms with E-state index in [0.717, 1.165) is 27.0 Å². The number of benzene rings is 3. The summed E-state index contributed by atoms with van der Waals surface area (Å²) in [5, 5.41) is 11.2. The second-order valence-corrected chi connectivity index (χ2v) is 7.64. The highest BCUT2D eigenvalue weighted by Crippen LogP contribution is 2.40. The summed E-state index contributed by atoms with van der Waals surface area (Å²) in [6, 6.07) is 20.5. The molecule has 0 saturated carbocycles. The molecule has 1 aromatic heterocycles. The predicted octanol–water partition coefficient (Wildman–Crippen LogP) is 7.19. The summed E-state index contributed by atoms with van der Waals surface area (Å²) in [7, 11) is 0. The average Bonchev–Trinajstić information content (AvgIpc) is 3.11. The maximum Gasteiger partial charge on any atom is 0.142 e. The van der Waals surface area contributed by atoms with E-state index < -0.39 is 0 Å². The smallest absolute Gasteiger partial charge is 0.142 e. The first-order valence-electron chi connectivity index (χ1n) is 8.13. The molecule has 134 valence electrons. The van der Waals surface area contributed by atoms with E-state index in [1.807, 2.05) is 48.5 Å². The Balaban J connectivity index is 1.98. The lowest BCUT2D eigenvalue weighted by Gasteiger charge is -2.06. The summed E-state index contributed by atoms with van der Waals surface area (Å²) in [6.45, 7) is 0. The van der Waals surface area contributed by atoms with Crippen molar-refractivity contribution in [2.24, 2.45) is 0 Å². The van der Waals surface area contributed by atoms with Gasteiger partial charge in [-0.1, -0.05) is 81.6 Å². The fraction of sp³-hybridized carbons (Fsp3) is 0. The van der Waals surface area contributed by atoms with Gasteiger partial charge in [-0.2, -0.15) is 0 Å². The third-order valence-corrected chi connectivity index (χ3v) is 5.50. The molecule has 4 aromatic rings. The minimum atomic E-state index is 0.135. The molecule has 1 heterocycles. The Morgan fingerprint density at radius 1 is 0.889 bits per heavy atom. The Bertz CT molecular complexity index is 1130. The van der Waals surface area contributed by atoms with Crippen LogP contribution in [0.15, 0.2) is 71.2 Å². The highest BCUT2D eigenvalue weighted by atomic mass is 79.9. The van der Waals surface area contributed by atoms with E-state index in [1.165, 1.54) is 0 Å². The first-order valence-corrected chi connectivity index (χ1v) is 9.68. The van der Waals surface area contributed by atoms with Crippen molar-refractivity contribution in [2.75, 3.05) is 0 Å². The van der Waals surface area contributed by atoms with E-state index in [4.69, 9.17) is 28.2 Å². The van der Waals surface area contributed by atoms with Gasteiger partial charge in [-0.15, -0.1) is 0 Å². The minimum Gasteiger partial charge on any atom is -0.507 e. The number of phenols is 1. The summed E-state index contributed by atoms with van der Waals surface area (Å²) in [4.78, 5) is 8.08. The summed E-state index contributed by atoms with van der Waals surface area (Å²) < 4.78 is 0.843. The van der Waals surface area contributed by atoms with E-state index in [9.17, 15) is 5.11 Å². The van der Waals surface area contributed by atoms with Crippen molar-refractivity contribution < 1.29 is 5.11 Å². The maximum absolute atomic E-state index is 10.3. The minimum absolute atomic E-state index is 0.135. The largest absolute Gasteiger partial charge is 0.507 e. The summed E-state index contributed by atoms with van der Waals surface area (Å²) in [6.07, 6.45) is 0. The molecule has 0 aliphatic carbocycles. The van der Waals surface area contributed by atoms with E-state index in [1.54, 1.807) is 18.2 Å². The van der Waals surface area contributed by atoms with Crippen molar-refractivity contribution in [3.05, 3.63) is 81.2 Å². The number of aromatic hydroxyl groups is 1. The number of hydrogen-bond acceptors (Lipinski definition) is 2. The van der Waals surface area contributed by atoms with Crippen LogP contribution in [-0.4, -0.2) is 15.1 Å².